The molecule has 0 radical (unpaired) electrons. The third-order valence-electron chi connectivity index (χ3n) is 4.88. The highest BCUT2D eigenvalue weighted by molar-refractivity contribution is 7.97. The summed E-state index contributed by atoms with van der Waals surface area (Å²) in [7, 11) is 1.85. The average Bonchev–Trinajstić information content (AvgIpc) is 3.33. The number of rotatable bonds is 5. The molecule has 3 aromatic heterocycles. The highest BCUT2D eigenvalue weighted by atomic mass is 32.2. The van der Waals surface area contributed by atoms with Crippen molar-refractivity contribution in [2.75, 3.05) is 13.1 Å². The topological polar surface area (TPSA) is 73.9 Å². The zero-order valence-electron chi connectivity index (χ0n) is 16.1. The predicted molar refractivity (Wildman–Crippen MR) is 102 cm³/mol. The lowest BCUT2D eigenvalue weighted by Gasteiger charge is -2.16. The zero-order chi connectivity index (χ0) is 20.8. The van der Waals surface area contributed by atoms with Crippen LogP contribution in [-0.4, -0.2) is 58.3 Å². The molecule has 0 spiro atoms. The Kier molecular flexibility index (Phi) is 5.15. The average molecular weight is 427 g/mol. The summed E-state index contributed by atoms with van der Waals surface area (Å²) in [5.41, 5.74) is -1.36. The summed E-state index contributed by atoms with van der Waals surface area (Å²) in [6.45, 7) is 5.19. The van der Waals surface area contributed by atoms with Gasteiger partial charge in [0.15, 0.2) is 11.2 Å². The van der Waals surface area contributed by atoms with Gasteiger partial charge in [-0.15, -0.1) is 0 Å². The van der Waals surface area contributed by atoms with Gasteiger partial charge in [0.25, 0.3) is 0 Å². The fourth-order valence-corrected chi connectivity index (χ4v) is 4.20. The van der Waals surface area contributed by atoms with Crippen molar-refractivity contribution in [1.29, 1.82) is 0 Å². The largest absolute Gasteiger partial charge is 0.471 e. The number of hydrogen-bond donors (Lipinski definition) is 0. The van der Waals surface area contributed by atoms with Crippen LogP contribution in [0.15, 0.2) is 12.5 Å². The lowest BCUT2D eigenvalue weighted by Crippen LogP contribution is -2.23. The van der Waals surface area contributed by atoms with Crippen molar-refractivity contribution < 1.29 is 17.9 Å². The lowest BCUT2D eigenvalue weighted by atomic mass is 10.2. The number of imidazole rings is 1. The normalized spacial score (nSPS) is 18.1. The van der Waals surface area contributed by atoms with E-state index in [0.717, 1.165) is 17.8 Å². The second kappa shape index (κ2) is 7.48. The quantitative estimate of drug-likeness (QED) is 0.579. The monoisotopic (exact) mass is 427 g/mol. The molecule has 0 saturated carbocycles. The van der Waals surface area contributed by atoms with Gasteiger partial charge in [-0.25, -0.2) is 14.3 Å². The van der Waals surface area contributed by atoms with Crippen molar-refractivity contribution in [3.05, 3.63) is 18.2 Å². The highest BCUT2D eigenvalue weighted by Crippen LogP contribution is 2.36. The van der Waals surface area contributed by atoms with E-state index in [9.17, 15) is 13.2 Å². The second-order valence-electron chi connectivity index (χ2n) is 6.76. The van der Waals surface area contributed by atoms with Crippen LogP contribution < -0.4 is 4.74 Å². The first-order chi connectivity index (χ1) is 13.8. The summed E-state index contributed by atoms with van der Waals surface area (Å²) < 4.78 is 48.6. The maximum Gasteiger partial charge on any atom is 0.456 e. The van der Waals surface area contributed by atoms with Gasteiger partial charge in [-0.2, -0.15) is 23.3 Å². The third kappa shape index (κ3) is 3.90. The van der Waals surface area contributed by atoms with Gasteiger partial charge in [-0.1, -0.05) is 0 Å². The van der Waals surface area contributed by atoms with Gasteiger partial charge in [0.1, 0.15) is 18.3 Å². The SMILES string of the molecule is CCn1ncc(-c2nc3c(OC4CCN(SC(F)(F)F)C4)ncnc3n2C)c1C. The maximum absolute atomic E-state index is 12.6. The molecular weight excluding hydrogens is 407 g/mol. The predicted octanol–water partition coefficient (Wildman–Crippen LogP) is 3.18. The van der Waals surface area contributed by atoms with Crippen LogP contribution in [0.2, 0.25) is 0 Å². The summed E-state index contributed by atoms with van der Waals surface area (Å²) in [6.07, 6.45) is 3.23. The first-order valence-corrected chi connectivity index (χ1v) is 9.91. The smallest absolute Gasteiger partial charge is 0.456 e. The molecule has 1 saturated heterocycles. The van der Waals surface area contributed by atoms with Gasteiger partial charge in [-0.3, -0.25) is 4.68 Å². The van der Waals surface area contributed by atoms with E-state index in [1.165, 1.54) is 10.6 Å². The van der Waals surface area contributed by atoms with Crippen LogP contribution >= 0.6 is 11.9 Å². The van der Waals surface area contributed by atoms with Gasteiger partial charge in [0, 0.05) is 44.3 Å². The Labute approximate surface area is 169 Å². The van der Waals surface area contributed by atoms with Crippen molar-refractivity contribution in [2.24, 2.45) is 7.05 Å². The molecule has 1 fully saturated rings. The Hall–Kier alpha value is -2.34. The fourth-order valence-electron chi connectivity index (χ4n) is 3.47. The Bertz CT molecular complexity index is 1030. The standard InChI is InChI=1S/C17H20F3N7OS/c1-4-27-10(2)12(7-23-27)14-24-13-15(25(14)3)21-9-22-16(13)28-11-5-6-26(8-11)29-17(18,19)20/h7,9,11H,4-6,8H2,1-3H3. The number of hydrogen-bond acceptors (Lipinski definition) is 7. The summed E-state index contributed by atoms with van der Waals surface area (Å²) in [5, 5.41) is 4.36. The van der Waals surface area contributed by atoms with E-state index in [0.29, 0.717) is 30.0 Å². The van der Waals surface area contributed by atoms with Crippen LogP contribution in [0.25, 0.3) is 22.6 Å². The molecule has 156 valence electrons. The summed E-state index contributed by atoms with van der Waals surface area (Å²) in [6, 6.07) is 0. The molecule has 4 rings (SSSR count). The van der Waals surface area contributed by atoms with Gasteiger partial charge in [0.2, 0.25) is 5.88 Å². The van der Waals surface area contributed by atoms with E-state index in [1.807, 2.05) is 30.1 Å². The van der Waals surface area contributed by atoms with Gasteiger partial charge >= 0.3 is 5.51 Å². The molecule has 0 bridgehead atoms. The molecule has 1 unspecified atom stereocenters. The summed E-state index contributed by atoms with van der Waals surface area (Å²) in [4.78, 5) is 13.2. The van der Waals surface area contributed by atoms with Crippen LogP contribution in [0, 0.1) is 6.92 Å². The zero-order valence-corrected chi connectivity index (χ0v) is 17.0. The number of ether oxygens (including phenoxy) is 1. The third-order valence-corrected chi connectivity index (χ3v) is 5.68. The first-order valence-electron chi connectivity index (χ1n) is 9.14. The van der Waals surface area contributed by atoms with Crippen molar-refractivity contribution in [3.8, 4) is 17.3 Å². The minimum atomic E-state index is -4.30. The molecule has 1 atom stereocenters. The van der Waals surface area contributed by atoms with Crippen LogP contribution in [0.5, 0.6) is 5.88 Å². The summed E-state index contributed by atoms with van der Waals surface area (Å²) in [5.74, 6) is 0.962. The number of aryl methyl sites for hydroxylation is 2. The van der Waals surface area contributed by atoms with Crippen molar-refractivity contribution >= 4 is 23.1 Å². The van der Waals surface area contributed by atoms with Gasteiger partial charge in [0.05, 0.1) is 11.8 Å². The van der Waals surface area contributed by atoms with E-state index in [4.69, 9.17) is 4.74 Å². The fraction of sp³-hybridized carbons (Fsp3) is 0.529. The van der Waals surface area contributed by atoms with Crippen molar-refractivity contribution in [2.45, 2.75) is 38.4 Å². The number of nitrogens with zero attached hydrogens (tertiary/aromatic N) is 7. The van der Waals surface area contributed by atoms with E-state index >= 15 is 0 Å². The number of fused-ring (bicyclic) bond motifs is 1. The second-order valence-corrected chi connectivity index (χ2v) is 7.92. The minimum Gasteiger partial charge on any atom is -0.471 e. The Balaban J connectivity index is 1.61. The van der Waals surface area contributed by atoms with Crippen LogP contribution in [0.3, 0.4) is 0 Å². The Morgan fingerprint density at radius 2 is 2.10 bits per heavy atom. The molecule has 0 aliphatic carbocycles. The van der Waals surface area contributed by atoms with E-state index in [-0.39, 0.29) is 24.4 Å². The molecule has 29 heavy (non-hydrogen) atoms. The summed E-state index contributed by atoms with van der Waals surface area (Å²) >= 11 is -0.116. The molecule has 4 heterocycles. The van der Waals surface area contributed by atoms with Crippen LogP contribution in [0.1, 0.15) is 19.0 Å². The van der Waals surface area contributed by atoms with Crippen molar-refractivity contribution in [1.82, 2.24) is 33.6 Å². The lowest BCUT2D eigenvalue weighted by molar-refractivity contribution is -0.0359. The van der Waals surface area contributed by atoms with Crippen LogP contribution in [0.4, 0.5) is 13.2 Å². The van der Waals surface area contributed by atoms with E-state index in [1.54, 1.807) is 6.20 Å². The molecule has 0 N–H and O–H groups in total. The van der Waals surface area contributed by atoms with E-state index < -0.39 is 11.6 Å². The van der Waals surface area contributed by atoms with E-state index in [2.05, 4.69) is 20.1 Å². The molecule has 12 heteroatoms. The molecule has 0 amide bonds. The molecule has 3 aromatic rings. The molecular formula is C17H20F3N7OS. The Morgan fingerprint density at radius 1 is 1.31 bits per heavy atom. The molecule has 8 nitrogen and oxygen atoms in total. The highest BCUT2D eigenvalue weighted by Gasteiger charge is 2.37. The maximum atomic E-state index is 12.6. The number of aromatic nitrogens is 6. The molecule has 1 aliphatic heterocycles. The first kappa shape index (κ1) is 20.0. The molecule has 0 aromatic carbocycles. The molecule has 1 aliphatic rings. The van der Waals surface area contributed by atoms with Crippen molar-refractivity contribution in [3.63, 3.8) is 0 Å². The minimum absolute atomic E-state index is 0.116. The Morgan fingerprint density at radius 3 is 2.79 bits per heavy atom. The van der Waals surface area contributed by atoms with Crippen LogP contribution in [-0.2, 0) is 13.6 Å². The number of alkyl halides is 3. The van der Waals surface area contributed by atoms with Gasteiger partial charge < -0.3 is 9.30 Å². The number of halogens is 3. The van der Waals surface area contributed by atoms with Gasteiger partial charge in [-0.05, 0) is 20.3 Å².